The van der Waals surface area contributed by atoms with Gasteiger partial charge in [-0.1, -0.05) is 12.2 Å². The predicted octanol–water partition coefficient (Wildman–Crippen LogP) is 0.561. The Morgan fingerprint density at radius 3 is 2.82 bits per heavy atom. The Labute approximate surface area is 68.5 Å². The SMILES string of the molecule is CN1CC2CC=CC1CN2C. The molecule has 2 bridgehead atoms. The van der Waals surface area contributed by atoms with Crippen molar-refractivity contribution in [2.75, 3.05) is 27.2 Å². The maximum absolute atomic E-state index is 2.48. The zero-order valence-electron chi connectivity index (χ0n) is 7.33. The molecule has 62 valence electrons. The Kier molecular flexibility index (Phi) is 1.74. The van der Waals surface area contributed by atoms with E-state index in [1.54, 1.807) is 0 Å². The number of likely N-dealkylation sites (N-methyl/N-ethyl adjacent to an activating group) is 2. The first-order valence-electron chi connectivity index (χ1n) is 4.34. The average molecular weight is 152 g/mol. The van der Waals surface area contributed by atoms with Gasteiger partial charge in [-0.05, 0) is 20.5 Å². The third-order valence-corrected chi connectivity index (χ3v) is 2.93. The molecular weight excluding hydrogens is 136 g/mol. The third-order valence-electron chi connectivity index (χ3n) is 2.93. The van der Waals surface area contributed by atoms with Crippen LogP contribution in [0.5, 0.6) is 0 Å². The van der Waals surface area contributed by atoms with Crippen LogP contribution in [0.15, 0.2) is 12.2 Å². The molecule has 11 heavy (non-hydrogen) atoms. The normalized spacial score (nSPS) is 39.5. The molecule has 2 heteroatoms. The van der Waals surface area contributed by atoms with E-state index in [-0.39, 0.29) is 0 Å². The largest absolute Gasteiger partial charge is 0.300 e. The van der Waals surface area contributed by atoms with E-state index in [4.69, 9.17) is 0 Å². The van der Waals surface area contributed by atoms with Crippen molar-refractivity contribution in [2.45, 2.75) is 18.5 Å². The highest BCUT2D eigenvalue weighted by Crippen LogP contribution is 2.19. The molecule has 2 atom stereocenters. The van der Waals surface area contributed by atoms with Crippen molar-refractivity contribution in [3.8, 4) is 0 Å². The van der Waals surface area contributed by atoms with Crippen molar-refractivity contribution in [3.63, 3.8) is 0 Å². The second kappa shape index (κ2) is 2.61. The zero-order valence-corrected chi connectivity index (χ0v) is 7.33. The van der Waals surface area contributed by atoms with Crippen LogP contribution in [0.2, 0.25) is 0 Å². The van der Waals surface area contributed by atoms with Crippen LogP contribution in [0.25, 0.3) is 0 Å². The smallest absolute Gasteiger partial charge is 0.0403 e. The molecule has 3 aliphatic rings. The summed E-state index contributed by atoms with van der Waals surface area (Å²) < 4.78 is 0. The van der Waals surface area contributed by atoms with Crippen LogP contribution in [0, 0.1) is 0 Å². The zero-order chi connectivity index (χ0) is 7.84. The topological polar surface area (TPSA) is 6.48 Å². The maximum Gasteiger partial charge on any atom is 0.0403 e. The highest BCUT2D eigenvalue weighted by atomic mass is 15.3. The van der Waals surface area contributed by atoms with Crippen LogP contribution in [0.4, 0.5) is 0 Å². The monoisotopic (exact) mass is 152 g/mol. The molecule has 0 aromatic heterocycles. The van der Waals surface area contributed by atoms with Gasteiger partial charge in [-0.15, -0.1) is 0 Å². The molecule has 0 aromatic carbocycles. The Hall–Kier alpha value is -0.340. The van der Waals surface area contributed by atoms with Crippen LogP contribution in [0.3, 0.4) is 0 Å². The number of hydrogen-bond acceptors (Lipinski definition) is 2. The number of rotatable bonds is 0. The molecule has 2 nitrogen and oxygen atoms in total. The molecule has 1 saturated heterocycles. The van der Waals surface area contributed by atoms with E-state index in [2.05, 4.69) is 36.0 Å². The number of fused-ring (bicyclic) bond motifs is 3. The summed E-state index contributed by atoms with van der Waals surface area (Å²) in [6.07, 6.45) is 5.92. The van der Waals surface area contributed by atoms with Crippen molar-refractivity contribution in [1.29, 1.82) is 0 Å². The minimum atomic E-state index is 0.666. The van der Waals surface area contributed by atoms with Crippen LogP contribution in [-0.4, -0.2) is 49.1 Å². The number of piperazine rings is 1. The molecular formula is C9H16N2. The van der Waals surface area contributed by atoms with Crippen LogP contribution in [-0.2, 0) is 0 Å². The van der Waals surface area contributed by atoms with Gasteiger partial charge in [0.2, 0.25) is 0 Å². The van der Waals surface area contributed by atoms with Gasteiger partial charge in [-0.3, -0.25) is 9.80 Å². The fourth-order valence-electron chi connectivity index (χ4n) is 2.05. The first kappa shape index (κ1) is 7.32. The number of hydrogen-bond donors (Lipinski definition) is 0. The van der Waals surface area contributed by atoms with Crippen molar-refractivity contribution in [1.82, 2.24) is 9.80 Å². The van der Waals surface area contributed by atoms with Crippen molar-refractivity contribution in [3.05, 3.63) is 12.2 Å². The van der Waals surface area contributed by atoms with Gasteiger partial charge in [0.1, 0.15) is 0 Å². The molecule has 0 saturated carbocycles. The van der Waals surface area contributed by atoms with Crippen LogP contribution < -0.4 is 0 Å². The van der Waals surface area contributed by atoms with Crippen molar-refractivity contribution >= 4 is 0 Å². The first-order valence-corrected chi connectivity index (χ1v) is 4.34. The van der Waals surface area contributed by atoms with Gasteiger partial charge in [0, 0.05) is 25.2 Å². The molecule has 0 N–H and O–H groups in total. The summed E-state index contributed by atoms with van der Waals surface area (Å²) >= 11 is 0. The summed E-state index contributed by atoms with van der Waals surface area (Å²) in [4.78, 5) is 4.93. The standard InChI is InChI=1S/C9H16N2/c1-10-6-9-5-3-4-8(10)7-11(9)2/h3-4,8-9H,5-7H2,1-2H3. The fraction of sp³-hybridized carbons (Fsp3) is 0.778. The van der Waals surface area contributed by atoms with E-state index in [1.807, 2.05) is 0 Å². The van der Waals surface area contributed by atoms with Gasteiger partial charge in [0.25, 0.3) is 0 Å². The fourth-order valence-corrected chi connectivity index (χ4v) is 2.05. The summed E-state index contributed by atoms with van der Waals surface area (Å²) in [5, 5.41) is 0. The summed E-state index contributed by atoms with van der Waals surface area (Å²) in [5.41, 5.74) is 0. The Bertz CT molecular complexity index is 176. The lowest BCUT2D eigenvalue weighted by Crippen LogP contribution is -2.53. The molecule has 1 fully saturated rings. The molecule has 0 amide bonds. The Balaban J connectivity index is 2.19. The quantitative estimate of drug-likeness (QED) is 0.468. The summed E-state index contributed by atoms with van der Waals surface area (Å²) in [7, 11) is 4.46. The second-order valence-corrected chi connectivity index (χ2v) is 3.76. The molecule has 3 heterocycles. The van der Waals surface area contributed by atoms with E-state index in [1.165, 1.54) is 19.5 Å². The highest BCUT2D eigenvalue weighted by molar-refractivity contribution is 5.05. The summed E-state index contributed by atoms with van der Waals surface area (Å²) in [5.74, 6) is 0. The van der Waals surface area contributed by atoms with Crippen molar-refractivity contribution in [2.24, 2.45) is 0 Å². The van der Waals surface area contributed by atoms with Gasteiger partial charge >= 0.3 is 0 Å². The summed E-state index contributed by atoms with van der Waals surface area (Å²) in [6, 6.07) is 1.42. The van der Waals surface area contributed by atoms with Gasteiger partial charge in [-0.2, -0.15) is 0 Å². The Morgan fingerprint density at radius 2 is 2.00 bits per heavy atom. The molecule has 0 spiro atoms. The molecule has 0 radical (unpaired) electrons. The van der Waals surface area contributed by atoms with Crippen LogP contribution in [0.1, 0.15) is 6.42 Å². The maximum atomic E-state index is 2.48. The van der Waals surface area contributed by atoms with Crippen molar-refractivity contribution < 1.29 is 0 Å². The minimum Gasteiger partial charge on any atom is -0.300 e. The van der Waals surface area contributed by atoms with E-state index in [9.17, 15) is 0 Å². The second-order valence-electron chi connectivity index (χ2n) is 3.76. The molecule has 0 aliphatic carbocycles. The van der Waals surface area contributed by atoms with E-state index in [0.717, 1.165) is 6.04 Å². The highest BCUT2D eigenvalue weighted by Gasteiger charge is 2.29. The lowest BCUT2D eigenvalue weighted by atomic mass is 10.1. The molecule has 3 aliphatic heterocycles. The first-order chi connectivity index (χ1) is 5.27. The molecule has 2 unspecified atom stereocenters. The number of nitrogens with zero attached hydrogens (tertiary/aromatic N) is 2. The van der Waals surface area contributed by atoms with Gasteiger partial charge in [0.15, 0.2) is 0 Å². The van der Waals surface area contributed by atoms with Gasteiger partial charge in [0.05, 0.1) is 0 Å². The third kappa shape index (κ3) is 1.21. The molecule has 0 aromatic rings. The predicted molar refractivity (Wildman–Crippen MR) is 46.6 cm³/mol. The average Bonchev–Trinajstić information content (AvgIpc) is 2.21. The lowest BCUT2D eigenvalue weighted by molar-refractivity contribution is 0.0922. The Morgan fingerprint density at radius 1 is 1.18 bits per heavy atom. The van der Waals surface area contributed by atoms with Gasteiger partial charge in [-0.25, -0.2) is 0 Å². The van der Waals surface area contributed by atoms with Gasteiger partial charge < -0.3 is 0 Å². The van der Waals surface area contributed by atoms with E-state index < -0.39 is 0 Å². The van der Waals surface area contributed by atoms with E-state index >= 15 is 0 Å². The minimum absolute atomic E-state index is 0.666. The lowest BCUT2D eigenvalue weighted by Gasteiger charge is -2.39. The van der Waals surface area contributed by atoms with Crippen LogP contribution >= 0.6 is 0 Å². The van der Waals surface area contributed by atoms with E-state index in [0.29, 0.717) is 6.04 Å². The molecule has 3 rings (SSSR count). The summed E-state index contributed by atoms with van der Waals surface area (Å²) in [6.45, 7) is 2.44.